The number of allylic oxidation sites excluding steroid dienone is 1. The minimum atomic E-state index is -1.09. The first-order valence-electron chi connectivity index (χ1n) is 8.32. The minimum Gasteiger partial charge on any atom is -0.477 e. The molecule has 2 aromatic rings. The van der Waals surface area contributed by atoms with Gasteiger partial charge in [0.1, 0.15) is 11.5 Å². The molecule has 0 bridgehead atoms. The van der Waals surface area contributed by atoms with Gasteiger partial charge in [0.2, 0.25) is 0 Å². The maximum Gasteiger partial charge on any atom is 0.351 e. The molecule has 7 heteroatoms. The highest BCUT2D eigenvalue weighted by Crippen LogP contribution is 2.30. The molecular formula is C20H20ClN3O2S. The third-order valence-corrected chi connectivity index (χ3v) is 4.45. The van der Waals surface area contributed by atoms with Gasteiger partial charge in [-0.25, -0.2) is 14.8 Å². The highest BCUT2D eigenvalue weighted by Gasteiger charge is 2.22. The van der Waals surface area contributed by atoms with Gasteiger partial charge in [-0.05, 0) is 36.6 Å². The number of carboxylic acids is 1. The second-order valence-electron chi connectivity index (χ2n) is 5.26. The highest BCUT2D eigenvalue weighted by molar-refractivity contribution is 7.08. The number of halogens is 1. The number of rotatable bonds is 4. The molecular weight excluding hydrogens is 382 g/mol. The summed E-state index contributed by atoms with van der Waals surface area (Å²) < 4.78 is 0. The fourth-order valence-corrected chi connectivity index (χ4v) is 3.01. The summed E-state index contributed by atoms with van der Waals surface area (Å²) in [6, 6.07) is 9.27. The molecule has 1 aromatic carbocycles. The van der Waals surface area contributed by atoms with E-state index in [0.29, 0.717) is 22.3 Å². The topological polar surface area (TPSA) is 65.3 Å². The van der Waals surface area contributed by atoms with E-state index in [9.17, 15) is 4.79 Å². The maximum absolute atomic E-state index is 11.1. The number of hydrazone groups is 1. The van der Waals surface area contributed by atoms with Crippen molar-refractivity contribution < 1.29 is 9.90 Å². The molecule has 0 saturated heterocycles. The molecule has 1 aliphatic rings. The van der Waals surface area contributed by atoms with E-state index in [1.165, 1.54) is 11.9 Å². The zero-order valence-corrected chi connectivity index (χ0v) is 16.9. The van der Waals surface area contributed by atoms with Crippen LogP contribution in [0.4, 0.5) is 0 Å². The van der Waals surface area contributed by atoms with Crippen LogP contribution in [0.3, 0.4) is 0 Å². The molecule has 27 heavy (non-hydrogen) atoms. The van der Waals surface area contributed by atoms with Gasteiger partial charge in [0, 0.05) is 21.5 Å². The normalized spacial score (nSPS) is 14.1. The molecule has 0 spiro atoms. The summed E-state index contributed by atoms with van der Waals surface area (Å²) in [5.74, 6) is -0.751. The van der Waals surface area contributed by atoms with Gasteiger partial charge in [-0.1, -0.05) is 44.2 Å². The quantitative estimate of drug-likeness (QED) is 0.687. The molecule has 0 radical (unpaired) electrons. The van der Waals surface area contributed by atoms with Crippen LogP contribution >= 0.6 is 22.9 Å². The van der Waals surface area contributed by atoms with Crippen molar-refractivity contribution in [2.75, 3.05) is 0 Å². The van der Waals surface area contributed by atoms with Crippen LogP contribution in [0.1, 0.15) is 31.9 Å². The van der Waals surface area contributed by atoms with Gasteiger partial charge < -0.3 is 5.11 Å². The van der Waals surface area contributed by atoms with Crippen molar-refractivity contribution in [2.45, 2.75) is 20.8 Å². The molecule has 2 heterocycles. The van der Waals surface area contributed by atoms with Crippen LogP contribution in [0.2, 0.25) is 5.02 Å². The van der Waals surface area contributed by atoms with Crippen molar-refractivity contribution in [3.63, 3.8) is 0 Å². The van der Waals surface area contributed by atoms with Crippen molar-refractivity contribution in [3.8, 4) is 0 Å². The van der Waals surface area contributed by atoms with Crippen LogP contribution in [0.15, 0.2) is 69.7 Å². The molecule has 140 valence electrons. The highest BCUT2D eigenvalue weighted by atomic mass is 35.5. The van der Waals surface area contributed by atoms with Crippen molar-refractivity contribution >= 4 is 46.0 Å². The predicted octanol–water partition coefficient (Wildman–Crippen LogP) is 5.51. The molecule has 1 aromatic heterocycles. The third kappa shape index (κ3) is 4.93. The van der Waals surface area contributed by atoms with Gasteiger partial charge >= 0.3 is 5.97 Å². The number of benzene rings is 1. The number of aliphatic carboxylic acids is 1. The fraction of sp³-hybridized carbons (Fsp3) is 0.150. The average Bonchev–Trinajstić information content (AvgIpc) is 3.20. The Labute approximate surface area is 167 Å². The van der Waals surface area contributed by atoms with Gasteiger partial charge in [0.25, 0.3) is 0 Å². The van der Waals surface area contributed by atoms with Crippen LogP contribution in [-0.4, -0.2) is 27.5 Å². The third-order valence-electron chi connectivity index (χ3n) is 3.51. The van der Waals surface area contributed by atoms with Crippen molar-refractivity contribution in [1.82, 2.24) is 5.01 Å². The summed E-state index contributed by atoms with van der Waals surface area (Å²) in [7, 11) is 0. The van der Waals surface area contributed by atoms with E-state index < -0.39 is 5.97 Å². The first kappa shape index (κ1) is 20.6. The van der Waals surface area contributed by atoms with Crippen molar-refractivity contribution in [3.05, 3.63) is 75.7 Å². The molecule has 1 N–H and O–H groups in total. The number of carboxylic acid groups (broad SMARTS) is 1. The number of hydrogen-bond acceptors (Lipinski definition) is 5. The Hall–Kier alpha value is -2.70. The number of aliphatic imine (C=N–C) groups is 1. The summed E-state index contributed by atoms with van der Waals surface area (Å²) >= 11 is 7.49. The molecule has 5 nitrogen and oxygen atoms in total. The summed E-state index contributed by atoms with van der Waals surface area (Å²) in [5, 5.41) is 19.3. The standard InChI is InChI=1S/C18H14ClN3O2S.C2H6/c1-11(18(23)24)21-22-12(2)20-16(13-3-5-15(19)6-4-13)9-17(22)14-7-8-25-10-14;1-2/h3-10H,2H2,1H3,(H,23,24);1-2H3/b21-11+;. The second kappa shape index (κ2) is 9.30. The van der Waals surface area contributed by atoms with Crippen LogP contribution in [-0.2, 0) is 4.79 Å². The Morgan fingerprint density at radius 1 is 1.22 bits per heavy atom. The summed E-state index contributed by atoms with van der Waals surface area (Å²) in [6.07, 6.45) is 1.86. The van der Waals surface area contributed by atoms with Gasteiger partial charge in [-0.15, -0.1) is 0 Å². The lowest BCUT2D eigenvalue weighted by atomic mass is 10.1. The summed E-state index contributed by atoms with van der Waals surface area (Å²) in [6.45, 7) is 9.37. The number of nitrogens with zero attached hydrogens (tertiary/aromatic N) is 3. The van der Waals surface area contributed by atoms with Gasteiger partial charge in [0.05, 0.1) is 11.4 Å². The van der Waals surface area contributed by atoms with Crippen LogP contribution in [0, 0.1) is 0 Å². The van der Waals surface area contributed by atoms with Crippen LogP contribution in [0.5, 0.6) is 0 Å². The van der Waals surface area contributed by atoms with E-state index in [1.54, 1.807) is 23.5 Å². The summed E-state index contributed by atoms with van der Waals surface area (Å²) in [5.41, 5.74) is 3.17. The Morgan fingerprint density at radius 2 is 1.89 bits per heavy atom. The van der Waals surface area contributed by atoms with Crippen molar-refractivity contribution in [1.29, 1.82) is 0 Å². The molecule has 0 saturated carbocycles. The average molecular weight is 402 g/mol. The van der Waals surface area contributed by atoms with E-state index in [-0.39, 0.29) is 5.71 Å². The minimum absolute atomic E-state index is 0.0487. The van der Waals surface area contributed by atoms with E-state index in [1.807, 2.05) is 48.9 Å². The maximum atomic E-state index is 11.1. The molecule has 0 amide bonds. The van der Waals surface area contributed by atoms with E-state index in [2.05, 4.69) is 16.7 Å². The lowest BCUT2D eigenvalue weighted by Crippen LogP contribution is -2.23. The monoisotopic (exact) mass is 401 g/mol. The molecule has 0 unspecified atom stereocenters. The zero-order valence-electron chi connectivity index (χ0n) is 15.3. The Balaban J connectivity index is 0.00000126. The first-order valence-corrected chi connectivity index (χ1v) is 9.64. The largest absolute Gasteiger partial charge is 0.477 e. The van der Waals surface area contributed by atoms with Crippen LogP contribution < -0.4 is 0 Å². The van der Waals surface area contributed by atoms with Crippen molar-refractivity contribution in [2.24, 2.45) is 10.1 Å². The van der Waals surface area contributed by atoms with E-state index in [4.69, 9.17) is 16.7 Å². The summed E-state index contributed by atoms with van der Waals surface area (Å²) in [4.78, 5) is 15.6. The van der Waals surface area contributed by atoms with Gasteiger partial charge in [0.15, 0.2) is 0 Å². The molecule has 0 aliphatic carbocycles. The van der Waals surface area contributed by atoms with Gasteiger partial charge in [-0.3, -0.25) is 0 Å². The molecule has 0 fully saturated rings. The Morgan fingerprint density at radius 3 is 2.44 bits per heavy atom. The zero-order chi connectivity index (χ0) is 20.0. The molecule has 1 aliphatic heterocycles. The second-order valence-corrected chi connectivity index (χ2v) is 6.48. The Bertz CT molecular complexity index is 913. The first-order chi connectivity index (χ1) is 13.0. The number of hydrogen-bond donors (Lipinski definition) is 1. The predicted molar refractivity (Wildman–Crippen MR) is 113 cm³/mol. The van der Waals surface area contributed by atoms with Crippen LogP contribution in [0.25, 0.3) is 5.70 Å². The van der Waals surface area contributed by atoms with E-state index in [0.717, 1.165) is 11.1 Å². The smallest absolute Gasteiger partial charge is 0.351 e. The number of thiophene rings is 1. The number of carbonyl (C=O) groups is 1. The van der Waals surface area contributed by atoms with E-state index >= 15 is 0 Å². The van der Waals surface area contributed by atoms with Gasteiger partial charge in [-0.2, -0.15) is 16.4 Å². The lowest BCUT2D eigenvalue weighted by molar-refractivity contribution is -0.129. The SMILES string of the molecule is C=C1N=C(c2ccc(Cl)cc2)C=C(c2ccsc2)N1/N=C(\C)C(=O)O.CC. The fourth-order valence-electron chi connectivity index (χ4n) is 2.24. The molecule has 0 atom stereocenters. The molecule has 3 rings (SSSR count). The lowest BCUT2D eigenvalue weighted by Gasteiger charge is -2.26. The Kier molecular flexibility index (Phi) is 7.10.